The number of nitrogens with zero attached hydrogens (tertiary/aromatic N) is 3. The van der Waals surface area contributed by atoms with Gasteiger partial charge in [0.25, 0.3) is 0 Å². The minimum atomic E-state index is -0.368. The Morgan fingerprint density at radius 2 is 2.11 bits per heavy atom. The molecule has 6 nitrogen and oxygen atoms in total. The van der Waals surface area contributed by atoms with Crippen LogP contribution in [0.2, 0.25) is 0 Å². The number of carbonyl (C=O) groups excluding carboxylic acids is 1. The summed E-state index contributed by atoms with van der Waals surface area (Å²) in [5.74, 6) is 1.93. The van der Waals surface area contributed by atoms with Crippen LogP contribution in [0.4, 0.5) is 16.6 Å². The molecule has 1 fully saturated rings. The topological polar surface area (TPSA) is 67.4 Å². The van der Waals surface area contributed by atoms with E-state index in [2.05, 4.69) is 39.6 Å². The first-order chi connectivity index (χ1) is 13.1. The first-order valence-corrected chi connectivity index (χ1v) is 9.84. The van der Waals surface area contributed by atoms with E-state index < -0.39 is 0 Å². The summed E-state index contributed by atoms with van der Waals surface area (Å²) in [6.07, 6.45) is 5.04. The van der Waals surface area contributed by atoms with Gasteiger partial charge in [0.05, 0.1) is 10.9 Å². The van der Waals surface area contributed by atoms with Crippen molar-refractivity contribution in [3.63, 3.8) is 0 Å². The van der Waals surface area contributed by atoms with Crippen LogP contribution in [-0.2, 0) is 17.9 Å². The molecule has 0 saturated heterocycles. The van der Waals surface area contributed by atoms with Gasteiger partial charge in [-0.05, 0) is 30.4 Å². The summed E-state index contributed by atoms with van der Waals surface area (Å²) in [4.78, 5) is 22.2. The molecule has 1 aliphatic carbocycles. The van der Waals surface area contributed by atoms with Gasteiger partial charge in [-0.25, -0.2) is 9.78 Å². The molecule has 1 atom stereocenters. The standard InChI is InChI=1S/C20H23ClN4O2/c1-2-25-18-16(12-27-20(25)26)11-23-19(24-18)22-10-14-5-7-15(8-6-14)17(21)9-13-3-4-13/h5-8,11,13,17H,2-4,9-10,12H2,1H3,(H,22,23,24). The molecular formula is C20H23ClN4O2. The van der Waals surface area contributed by atoms with E-state index >= 15 is 0 Å². The SMILES string of the molecule is CCN1C(=O)OCc2cnc(NCc3ccc(C(Cl)CC4CC4)cc3)nc21. The Morgan fingerprint density at radius 3 is 2.81 bits per heavy atom. The highest BCUT2D eigenvalue weighted by molar-refractivity contribution is 6.20. The van der Waals surface area contributed by atoms with Crippen LogP contribution in [-0.4, -0.2) is 22.6 Å². The second-order valence-electron chi connectivity index (χ2n) is 7.08. The van der Waals surface area contributed by atoms with Gasteiger partial charge in [-0.1, -0.05) is 37.1 Å². The molecule has 1 N–H and O–H groups in total. The number of hydrogen-bond acceptors (Lipinski definition) is 5. The zero-order chi connectivity index (χ0) is 18.8. The Labute approximate surface area is 163 Å². The molecule has 2 aliphatic rings. The van der Waals surface area contributed by atoms with Crippen molar-refractivity contribution >= 4 is 29.5 Å². The van der Waals surface area contributed by atoms with Crippen LogP contribution in [0.25, 0.3) is 0 Å². The molecule has 7 heteroatoms. The lowest BCUT2D eigenvalue weighted by molar-refractivity contribution is 0.141. The molecule has 4 rings (SSSR count). The van der Waals surface area contributed by atoms with Crippen LogP contribution in [0.1, 0.15) is 48.3 Å². The smallest absolute Gasteiger partial charge is 0.415 e. The number of amides is 1. The van der Waals surface area contributed by atoms with Gasteiger partial charge in [0.2, 0.25) is 5.95 Å². The van der Waals surface area contributed by atoms with Gasteiger partial charge < -0.3 is 10.1 Å². The number of rotatable bonds is 7. The average Bonchev–Trinajstić information content (AvgIpc) is 3.50. The number of benzene rings is 1. The van der Waals surface area contributed by atoms with Crippen molar-refractivity contribution < 1.29 is 9.53 Å². The van der Waals surface area contributed by atoms with E-state index in [1.807, 2.05) is 6.92 Å². The van der Waals surface area contributed by atoms with E-state index in [1.54, 1.807) is 6.20 Å². The molecule has 27 heavy (non-hydrogen) atoms. The lowest BCUT2D eigenvalue weighted by Crippen LogP contribution is -2.36. The number of aromatic nitrogens is 2. The zero-order valence-electron chi connectivity index (χ0n) is 15.3. The predicted molar refractivity (Wildman–Crippen MR) is 105 cm³/mol. The van der Waals surface area contributed by atoms with E-state index in [0.717, 1.165) is 23.5 Å². The van der Waals surface area contributed by atoms with Crippen LogP contribution >= 0.6 is 11.6 Å². The van der Waals surface area contributed by atoms with Gasteiger partial charge in [0, 0.05) is 19.3 Å². The fourth-order valence-electron chi connectivity index (χ4n) is 3.21. The van der Waals surface area contributed by atoms with Crippen molar-refractivity contribution in [2.45, 2.75) is 44.7 Å². The Balaban J connectivity index is 1.40. The van der Waals surface area contributed by atoms with Crippen LogP contribution < -0.4 is 10.2 Å². The molecule has 1 amide bonds. The highest BCUT2D eigenvalue weighted by Gasteiger charge is 2.27. The number of carbonyl (C=O) groups is 1. The molecule has 0 radical (unpaired) electrons. The quantitative estimate of drug-likeness (QED) is 0.702. The van der Waals surface area contributed by atoms with Crippen molar-refractivity contribution in [2.24, 2.45) is 5.92 Å². The molecule has 2 heterocycles. The molecular weight excluding hydrogens is 364 g/mol. The normalized spacial score (nSPS) is 17.3. The van der Waals surface area contributed by atoms with E-state index in [-0.39, 0.29) is 18.1 Å². The fourth-order valence-corrected chi connectivity index (χ4v) is 3.61. The summed E-state index contributed by atoms with van der Waals surface area (Å²) in [6, 6.07) is 8.36. The predicted octanol–water partition coefficient (Wildman–Crippen LogP) is 4.65. The number of halogens is 1. The Morgan fingerprint density at radius 1 is 1.33 bits per heavy atom. The lowest BCUT2D eigenvalue weighted by Gasteiger charge is -2.26. The number of fused-ring (bicyclic) bond motifs is 1. The minimum absolute atomic E-state index is 0.100. The van der Waals surface area contributed by atoms with Gasteiger partial charge in [0.15, 0.2) is 0 Å². The largest absolute Gasteiger partial charge is 0.444 e. The molecule has 1 aromatic carbocycles. The molecule has 1 aliphatic heterocycles. The molecule has 1 unspecified atom stereocenters. The molecule has 142 valence electrons. The monoisotopic (exact) mass is 386 g/mol. The van der Waals surface area contributed by atoms with Crippen LogP contribution in [0.15, 0.2) is 30.5 Å². The third-order valence-corrected chi connectivity index (χ3v) is 5.44. The second-order valence-corrected chi connectivity index (χ2v) is 7.61. The minimum Gasteiger partial charge on any atom is -0.444 e. The van der Waals surface area contributed by atoms with Gasteiger partial charge in [-0.2, -0.15) is 4.98 Å². The molecule has 1 saturated carbocycles. The summed E-state index contributed by atoms with van der Waals surface area (Å²) in [6.45, 7) is 3.21. The lowest BCUT2D eigenvalue weighted by atomic mass is 10.0. The van der Waals surface area contributed by atoms with Gasteiger partial charge in [0.1, 0.15) is 12.4 Å². The Kier molecular flexibility index (Phi) is 5.16. The number of alkyl halides is 1. The van der Waals surface area contributed by atoms with Crippen molar-refractivity contribution in [2.75, 3.05) is 16.8 Å². The third kappa shape index (κ3) is 4.16. The van der Waals surface area contributed by atoms with Crippen molar-refractivity contribution in [1.82, 2.24) is 9.97 Å². The zero-order valence-corrected chi connectivity index (χ0v) is 16.1. The average molecular weight is 387 g/mol. The fraction of sp³-hybridized carbons (Fsp3) is 0.450. The Hall–Kier alpha value is -2.34. The summed E-state index contributed by atoms with van der Waals surface area (Å²) in [5.41, 5.74) is 3.12. The van der Waals surface area contributed by atoms with E-state index in [1.165, 1.54) is 23.3 Å². The summed E-state index contributed by atoms with van der Waals surface area (Å²) in [7, 11) is 0. The van der Waals surface area contributed by atoms with Crippen LogP contribution in [0, 0.1) is 5.92 Å². The number of nitrogens with one attached hydrogen (secondary N) is 1. The number of hydrogen-bond donors (Lipinski definition) is 1. The van der Waals surface area contributed by atoms with Gasteiger partial charge in [-0.15, -0.1) is 11.6 Å². The number of cyclic esters (lactones) is 1. The maximum atomic E-state index is 11.8. The molecule has 0 bridgehead atoms. The van der Waals surface area contributed by atoms with E-state index in [9.17, 15) is 4.79 Å². The first-order valence-electron chi connectivity index (χ1n) is 9.41. The Bertz CT molecular complexity index is 823. The number of anilines is 2. The molecule has 1 aromatic heterocycles. The maximum absolute atomic E-state index is 11.8. The molecule has 0 spiro atoms. The summed E-state index contributed by atoms with van der Waals surface area (Å²) in [5, 5.41) is 3.33. The van der Waals surface area contributed by atoms with E-state index in [4.69, 9.17) is 16.3 Å². The highest BCUT2D eigenvalue weighted by Crippen LogP contribution is 2.40. The van der Waals surface area contributed by atoms with Crippen LogP contribution in [0.5, 0.6) is 0 Å². The summed E-state index contributed by atoms with van der Waals surface area (Å²) < 4.78 is 5.11. The second kappa shape index (κ2) is 7.72. The summed E-state index contributed by atoms with van der Waals surface area (Å²) >= 11 is 6.50. The van der Waals surface area contributed by atoms with E-state index in [0.29, 0.717) is 24.9 Å². The van der Waals surface area contributed by atoms with Crippen molar-refractivity contribution in [3.8, 4) is 0 Å². The van der Waals surface area contributed by atoms with Gasteiger partial charge in [-0.3, -0.25) is 4.90 Å². The van der Waals surface area contributed by atoms with Crippen molar-refractivity contribution in [3.05, 3.63) is 47.2 Å². The first kappa shape index (κ1) is 18.0. The van der Waals surface area contributed by atoms with Crippen molar-refractivity contribution in [1.29, 1.82) is 0 Å². The highest BCUT2D eigenvalue weighted by atomic mass is 35.5. The van der Waals surface area contributed by atoms with Crippen LogP contribution in [0.3, 0.4) is 0 Å². The molecule has 2 aromatic rings. The third-order valence-electron chi connectivity index (χ3n) is 5.01. The van der Waals surface area contributed by atoms with Gasteiger partial charge >= 0.3 is 6.09 Å². The number of ether oxygens (including phenoxy) is 1. The maximum Gasteiger partial charge on any atom is 0.415 e.